The van der Waals surface area contributed by atoms with E-state index >= 15 is 0 Å². The van der Waals surface area contributed by atoms with E-state index in [0.717, 1.165) is 66.6 Å². The molecule has 270 valence electrons. The maximum Gasteiger partial charge on any atom is 0.245 e. The number of aliphatic hydroxyl groups is 3. The summed E-state index contributed by atoms with van der Waals surface area (Å²) in [4.78, 5) is 26.4. The van der Waals surface area contributed by atoms with E-state index in [2.05, 4.69) is 48.0 Å². The Morgan fingerprint density at radius 2 is 1.76 bits per heavy atom. The predicted molar refractivity (Wildman–Crippen MR) is 191 cm³/mol. The molecule has 2 aliphatic rings. The molecule has 10 heteroatoms. The SMILES string of the molecule is CCCc1cc(OC)c(C2CC(O)C(O)C(CO)O2)cc1Cc1ccc(C=CC(C)(C)C(=O)NC(C)(C)C(=O)NC2CCNCC2)cc1C. The summed E-state index contributed by atoms with van der Waals surface area (Å²) in [6.07, 6.45) is 4.68. The van der Waals surface area contributed by atoms with E-state index in [1.165, 1.54) is 5.56 Å². The quantitative estimate of drug-likeness (QED) is 0.187. The highest BCUT2D eigenvalue weighted by atomic mass is 16.5. The topological polar surface area (TPSA) is 149 Å². The van der Waals surface area contributed by atoms with E-state index in [9.17, 15) is 24.9 Å². The molecule has 6 N–H and O–H groups in total. The van der Waals surface area contributed by atoms with Crippen molar-refractivity contribution >= 4 is 17.9 Å². The van der Waals surface area contributed by atoms with Gasteiger partial charge in [-0.25, -0.2) is 0 Å². The van der Waals surface area contributed by atoms with E-state index in [1.54, 1.807) is 21.0 Å². The van der Waals surface area contributed by atoms with Gasteiger partial charge in [0.05, 0.1) is 31.3 Å². The first-order valence-electron chi connectivity index (χ1n) is 17.6. The third-order valence-corrected chi connectivity index (χ3v) is 9.86. The van der Waals surface area contributed by atoms with E-state index in [-0.39, 0.29) is 24.3 Å². The Hall–Kier alpha value is -3.28. The van der Waals surface area contributed by atoms with Crippen molar-refractivity contribution in [3.8, 4) is 5.75 Å². The minimum Gasteiger partial charge on any atom is -0.496 e. The average molecular weight is 680 g/mol. The van der Waals surface area contributed by atoms with Crippen LogP contribution in [0.3, 0.4) is 0 Å². The highest BCUT2D eigenvalue weighted by Crippen LogP contribution is 2.39. The van der Waals surface area contributed by atoms with Crippen LogP contribution in [0.5, 0.6) is 5.75 Å². The number of hydrogen-bond acceptors (Lipinski definition) is 8. The highest BCUT2D eigenvalue weighted by Gasteiger charge is 2.38. The van der Waals surface area contributed by atoms with Crippen LogP contribution in [-0.2, 0) is 27.2 Å². The first-order chi connectivity index (χ1) is 23.2. The number of hydrogen-bond donors (Lipinski definition) is 6. The van der Waals surface area contributed by atoms with E-state index in [1.807, 2.05) is 38.1 Å². The molecule has 4 unspecified atom stereocenters. The third kappa shape index (κ3) is 9.70. The molecule has 2 amide bonds. The smallest absolute Gasteiger partial charge is 0.245 e. The molecule has 2 aliphatic heterocycles. The van der Waals surface area contributed by atoms with Crippen LogP contribution in [0.1, 0.15) is 99.8 Å². The first kappa shape index (κ1) is 38.5. The fourth-order valence-corrected chi connectivity index (χ4v) is 6.53. The van der Waals surface area contributed by atoms with Gasteiger partial charge in [-0.05, 0) is 113 Å². The largest absolute Gasteiger partial charge is 0.496 e. The van der Waals surface area contributed by atoms with Gasteiger partial charge >= 0.3 is 0 Å². The number of piperidine rings is 1. The second kappa shape index (κ2) is 16.6. The molecule has 0 radical (unpaired) electrons. The molecular weight excluding hydrogens is 622 g/mol. The molecule has 0 saturated carbocycles. The maximum atomic E-state index is 13.4. The summed E-state index contributed by atoms with van der Waals surface area (Å²) in [5.74, 6) is 0.254. The van der Waals surface area contributed by atoms with Crippen molar-refractivity contribution in [3.63, 3.8) is 0 Å². The number of carbonyl (C=O) groups is 2. The standard InChI is InChI=1S/C39H57N3O7/c1-8-9-27-21-32(48-7)30(33-22-31(44)35(45)34(23-43)49-33)20-28(27)19-26-11-10-25(18-24(26)2)12-15-38(3,4)36(46)42-39(5,6)37(47)41-29-13-16-40-17-14-29/h10-12,15,18,20-21,29,31,33-35,40,43-45H,8-9,13-14,16-17,19,22-23H2,1-7H3,(H,41,47)(H,42,46). The van der Waals surface area contributed by atoms with Gasteiger partial charge in [0.1, 0.15) is 23.5 Å². The van der Waals surface area contributed by atoms with Crippen LogP contribution in [0.4, 0.5) is 0 Å². The van der Waals surface area contributed by atoms with Crippen LogP contribution in [0, 0.1) is 12.3 Å². The number of aliphatic hydroxyl groups excluding tert-OH is 3. The number of aryl methyl sites for hydroxylation is 2. The first-order valence-corrected chi connectivity index (χ1v) is 17.6. The van der Waals surface area contributed by atoms with Crippen LogP contribution < -0.4 is 20.7 Å². The molecule has 2 saturated heterocycles. The van der Waals surface area contributed by atoms with Gasteiger partial charge in [-0.3, -0.25) is 9.59 Å². The van der Waals surface area contributed by atoms with Crippen molar-refractivity contribution in [3.05, 3.63) is 69.8 Å². The molecule has 2 aromatic rings. The van der Waals surface area contributed by atoms with Crippen molar-refractivity contribution < 1.29 is 34.4 Å². The summed E-state index contributed by atoms with van der Waals surface area (Å²) in [5.41, 5.74) is 4.39. The molecule has 49 heavy (non-hydrogen) atoms. The molecule has 0 aromatic heterocycles. The Morgan fingerprint density at radius 3 is 2.39 bits per heavy atom. The molecule has 0 aliphatic carbocycles. The van der Waals surface area contributed by atoms with Crippen LogP contribution in [0.15, 0.2) is 36.4 Å². The number of nitrogens with one attached hydrogen (secondary N) is 3. The number of rotatable bonds is 13. The minimum atomic E-state index is -1.15. The number of ether oxygens (including phenoxy) is 2. The summed E-state index contributed by atoms with van der Waals surface area (Å²) >= 11 is 0. The fourth-order valence-electron chi connectivity index (χ4n) is 6.53. The van der Waals surface area contributed by atoms with Crippen LogP contribution in [0.2, 0.25) is 0 Å². The Balaban J connectivity index is 1.49. The summed E-state index contributed by atoms with van der Waals surface area (Å²) in [5, 5.41) is 39.9. The van der Waals surface area contributed by atoms with Crippen molar-refractivity contribution in [2.24, 2.45) is 5.41 Å². The van der Waals surface area contributed by atoms with E-state index in [4.69, 9.17) is 9.47 Å². The van der Waals surface area contributed by atoms with Gasteiger partial charge in [-0.1, -0.05) is 43.7 Å². The minimum absolute atomic E-state index is 0.114. The van der Waals surface area contributed by atoms with Crippen molar-refractivity contribution in [1.29, 1.82) is 0 Å². The van der Waals surface area contributed by atoms with Gasteiger partial charge in [0.2, 0.25) is 11.8 Å². The molecule has 4 rings (SSSR count). The summed E-state index contributed by atoms with van der Waals surface area (Å²) in [7, 11) is 1.61. The third-order valence-electron chi connectivity index (χ3n) is 9.86. The number of amides is 2. The lowest BCUT2D eigenvalue weighted by Crippen LogP contribution is -2.59. The van der Waals surface area contributed by atoms with Crippen molar-refractivity contribution in [2.45, 2.75) is 116 Å². The maximum absolute atomic E-state index is 13.4. The highest BCUT2D eigenvalue weighted by molar-refractivity contribution is 5.93. The molecule has 4 atom stereocenters. The van der Waals surface area contributed by atoms with E-state index < -0.39 is 42.0 Å². The van der Waals surface area contributed by atoms with Crippen molar-refractivity contribution in [1.82, 2.24) is 16.0 Å². The zero-order valence-electron chi connectivity index (χ0n) is 30.3. The van der Waals surface area contributed by atoms with Gasteiger partial charge < -0.3 is 40.7 Å². The fraction of sp³-hybridized carbons (Fsp3) is 0.590. The Kier molecular flexibility index (Phi) is 13.1. The molecule has 10 nitrogen and oxygen atoms in total. The lowest BCUT2D eigenvalue weighted by Gasteiger charge is -2.37. The zero-order valence-corrected chi connectivity index (χ0v) is 30.3. The lowest BCUT2D eigenvalue weighted by atomic mass is 9.87. The Labute approximate surface area is 291 Å². The van der Waals surface area contributed by atoms with Crippen LogP contribution in [-0.4, -0.2) is 83.8 Å². The molecular formula is C39H57N3O7. The van der Waals surface area contributed by atoms with Crippen molar-refractivity contribution in [2.75, 3.05) is 26.8 Å². The second-order valence-corrected chi connectivity index (χ2v) is 14.7. The summed E-state index contributed by atoms with van der Waals surface area (Å²) in [6.45, 7) is 12.7. The second-order valence-electron chi connectivity index (χ2n) is 14.7. The monoisotopic (exact) mass is 679 g/mol. The number of methoxy groups -OCH3 is 1. The van der Waals surface area contributed by atoms with E-state index in [0.29, 0.717) is 12.2 Å². The lowest BCUT2D eigenvalue weighted by molar-refractivity contribution is -0.181. The van der Waals surface area contributed by atoms with Gasteiger partial charge in [-0.15, -0.1) is 0 Å². The molecule has 0 bridgehead atoms. The number of carbonyl (C=O) groups excluding carboxylic acids is 2. The molecule has 2 fully saturated rings. The van der Waals surface area contributed by atoms with Crippen LogP contribution in [0.25, 0.3) is 6.08 Å². The summed E-state index contributed by atoms with van der Waals surface area (Å²) < 4.78 is 11.8. The molecule has 0 spiro atoms. The van der Waals surface area contributed by atoms with Gasteiger partial charge in [0, 0.05) is 18.0 Å². The normalized spacial score (nSPS) is 22.2. The van der Waals surface area contributed by atoms with Gasteiger partial charge in [-0.2, -0.15) is 0 Å². The number of benzene rings is 2. The summed E-state index contributed by atoms with van der Waals surface area (Å²) in [6, 6.07) is 10.5. The van der Waals surface area contributed by atoms with Gasteiger partial charge in [0.15, 0.2) is 0 Å². The zero-order chi connectivity index (χ0) is 35.9. The molecule has 2 aromatic carbocycles. The van der Waals surface area contributed by atoms with Crippen LogP contribution >= 0.6 is 0 Å². The average Bonchev–Trinajstić information content (AvgIpc) is 3.06. The Bertz CT molecular complexity index is 1480. The molecule has 2 heterocycles. The predicted octanol–water partition coefficient (Wildman–Crippen LogP) is 3.89. The van der Waals surface area contributed by atoms with Gasteiger partial charge in [0.25, 0.3) is 0 Å². The Morgan fingerprint density at radius 1 is 1.04 bits per heavy atom.